The quantitative estimate of drug-likeness (QED) is 0.0421. The van der Waals surface area contributed by atoms with Gasteiger partial charge in [-0.15, -0.1) is 0 Å². The molecule has 0 aliphatic heterocycles. The Morgan fingerprint density at radius 2 is 0.677 bits per heavy atom. The molecule has 2 atom stereocenters. The van der Waals surface area contributed by atoms with Gasteiger partial charge in [-0.25, -0.2) is 0 Å². The highest BCUT2D eigenvalue weighted by molar-refractivity contribution is 5.76. The largest absolute Gasteiger partial charge is 0.394 e. The topological polar surface area (TPSA) is 69.6 Å². The van der Waals surface area contributed by atoms with Gasteiger partial charge in [0.25, 0.3) is 0 Å². The molecule has 0 aromatic carbocycles. The smallest absolute Gasteiger partial charge is 0.220 e. The Labute approximate surface area is 387 Å². The lowest BCUT2D eigenvalue weighted by Crippen LogP contribution is -2.45. The van der Waals surface area contributed by atoms with Crippen molar-refractivity contribution in [3.63, 3.8) is 0 Å². The van der Waals surface area contributed by atoms with E-state index in [4.69, 9.17) is 0 Å². The number of hydrogen-bond acceptors (Lipinski definition) is 3. The van der Waals surface area contributed by atoms with Gasteiger partial charge in [0.1, 0.15) is 0 Å². The Kier molecular flexibility index (Phi) is 51.3. The highest BCUT2D eigenvalue weighted by atomic mass is 16.3. The fourth-order valence-corrected chi connectivity index (χ4v) is 7.98. The average Bonchev–Trinajstić information content (AvgIpc) is 3.28. The van der Waals surface area contributed by atoms with Crippen molar-refractivity contribution in [2.24, 2.45) is 0 Å². The first-order valence-corrected chi connectivity index (χ1v) is 27.2. The maximum Gasteiger partial charge on any atom is 0.220 e. The molecule has 2 unspecified atom stereocenters. The monoisotopic (exact) mass is 864 g/mol. The summed E-state index contributed by atoms with van der Waals surface area (Å²) in [6, 6.07) is -0.649. The van der Waals surface area contributed by atoms with E-state index in [1.54, 1.807) is 6.08 Å². The van der Waals surface area contributed by atoms with Crippen molar-refractivity contribution in [1.82, 2.24) is 5.32 Å². The Balaban J connectivity index is 3.57. The number of carbonyl (C=O) groups excluding carboxylic acids is 1. The molecule has 0 aromatic heterocycles. The number of hydrogen-bond donors (Lipinski definition) is 3. The minimum absolute atomic E-state index is 0.0787. The lowest BCUT2D eigenvalue weighted by molar-refractivity contribution is -0.123. The maximum absolute atomic E-state index is 12.5. The molecule has 62 heavy (non-hydrogen) atoms. The van der Waals surface area contributed by atoms with Gasteiger partial charge in [-0.05, 0) is 83.5 Å². The summed E-state index contributed by atoms with van der Waals surface area (Å²) in [6.45, 7) is 4.29. The van der Waals surface area contributed by atoms with Gasteiger partial charge in [-0.2, -0.15) is 0 Å². The normalized spacial score (nSPS) is 13.4. The molecule has 0 saturated carbocycles. The summed E-state index contributed by atoms with van der Waals surface area (Å²) in [4.78, 5) is 12.5. The van der Waals surface area contributed by atoms with E-state index in [1.807, 2.05) is 6.08 Å². The molecule has 0 bridgehead atoms. The summed E-state index contributed by atoms with van der Waals surface area (Å²) >= 11 is 0. The van der Waals surface area contributed by atoms with E-state index in [-0.39, 0.29) is 12.5 Å². The van der Waals surface area contributed by atoms with E-state index in [0.29, 0.717) is 6.42 Å². The van der Waals surface area contributed by atoms with Crippen LogP contribution in [0, 0.1) is 0 Å². The molecule has 4 nitrogen and oxygen atoms in total. The van der Waals surface area contributed by atoms with Crippen LogP contribution in [0.2, 0.25) is 0 Å². The van der Waals surface area contributed by atoms with Crippen LogP contribution in [0.1, 0.15) is 271 Å². The first-order chi connectivity index (χ1) is 30.7. The van der Waals surface area contributed by atoms with Crippen molar-refractivity contribution in [3.8, 4) is 0 Å². The molecular weight excluding hydrogens is 759 g/mol. The second-order valence-electron chi connectivity index (χ2n) is 18.3. The van der Waals surface area contributed by atoms with E-state index >= 15 is 0 Å². The number of allylic oxidation sites excluding steroid dienone is 11. The summed E-state index contributed by atoms with van der Waals surface area (Å²) in [6.07, 6.45) is 76.2. The third kappa shape index (κ3) is 48.9. The molecular formula is C58H105NO3. The first-order valence-electron chi connectivity index (χ1n) is 27.2. The standard InChI is InChI=1S/C58H105NO3/c1-3-5-7-9-11-13-15-17-19-21-23-25-26-27-28-29-30-31-32-34-36-38-40-42-44-46-48-50-52-54-58(62)59-56(55-60)57(61)53-51-49-47-45-43-41-39-37-35-33-24-22-20-18-16-14-12-10-8-6-4-2/h15,17,21,23,26-27,35,37,43,45,51,53,56-57,60-61H,3-14,16,18-20,22,24-25,28-34,36,38-42,44,46-50,52,54-55H2,1-2H3,(H,59,62)/b17-15-,23-21-,27-26-,37-35+,45-43+,53-51+. The van der Waals surface area contributed by atoms with Crippen molar-refractivity contribution in [2.75, 3.05) is 6.61 Å². The Hall–Kier alpha value is -2.17. The molecule has 0 aliphatic rings. The number of nitrogens with one attached hydrogen (secondary N) is 1. The van der Waals surface area contributed by atoms with Crippen LogP contribution in [0.5, 0.6) is 0 Å². The van der Waals surface area contributed by atoms with Crippen LogP contribution in [0.4, 0.5) is 0 Å². The lowest BCUT2D eigenvalue weighted by atomic mass is 10.0. The van der Waals surface area contributed by atoms with Gasteiger partial charge in [0.15, 0.2) is 0 Å². The van der Waals surface area contributed by atoms with E-state index in [9.17, 15) is 15.0 Å². The minimum atomic E-state index is -0.874. The van der Waals surface area contributed by atoms with Gasteiger partial charge in [-0.1, -0.05) is 254 Å². The van der Waals surface area contributed by atoms with Crippen molar-refractivity contribution >= 4 is 5.91 Å². The van der Waals surface area contributed by atoms with Crippen LogP contribution in [0.15, 0.2) is 72.9 Å². The van der Waals surface area contributed by atoms with Crippen LogP contribution in [0.3, 0.4) is 0 Å². The van der Waals surface area contributed by atoms with Crippen molar-refractivity contribution in [3.05, 3.63) is 72.9 Å². The minimum Gasteiger partial charge on any atom is -0.394 e. The Bertz CT molecular complexity index is 1070. The van der Waals surface area contributed by atoms with E-state index in [2.05, 4.69) is 79.9 Å². The molecule has 0 fully saturated rings. The highest BCUT2D eigenvalue weighted by Crippen LogP contribution is 2.15. The predicted octanol–water partition coefficient (Wildman–Crippen LogP) is 17.8. The fraction of sp³-hybridized carbons (Fsp3) is 0.776. The molecule has 0 rings (SSSR count). The van der Waals surface area contributed by atoms with Gasteiger partial charge in [0, 0.05) is 6.42 Å². The maximum atomic E-state index is 12.5. The molecule has 4 heteroatoms. The van der Waals surface area contributed by atoms with E-state index in [0.717, 1.165) is 51.4 Å². The van der Waals surface area contributed by atoms with Crippen LogP contribution < -0.4 is 5.32 Å². The van der Waals surface area contributed by atoms with Gasteiger partial charge in [-0.3, -0.25) is 4.79 Å². The SMILES string of the molecule is CCCCCCC/C=C\C/C=C\C/C=C\CCCCCCCCCCCCCCCCC(=O)NC(CO)C(O)/C=C/CC/C=C/CC/C=C/CCCCCCCCCCCCC. The highest BCUT2D eigenvalue weighted by Gasteiger charge is 2.17. The van der Waals surface area contributed by atoms with Crippen molar-refractivity contribution in [2.45, 2.75) is 283 Å². The van der Waals surface area contributed by atoms with Crippen LogP contribution in [-0.2, 0) is 4.79 Å². The van der Waals surface area contributed by atoms with Crippen molar-refractivity contribution < 1.29 is 15.0 Å². The second kappa shape index (κ2) is 53.2. The first kappa shape index (κ1) is 59.8. The molecule has 1 amide bonds. The number of aliphatic hydroxyl groups excluding tert-OH is 2. The van der Waals surface area contributed by atoms with Crippen molar-refractivity contribution in [1.29, 1.82) is 0 Å². The number of aliphatic hydroxyl groups is 2. The summed E-state index contributed by atoms with van der Waals surface area (Å²) in [5, 5.41) is 23.1. The summed E-state index contributed by atoms with van der Waals surface area (Å²) in [5.41, 5.74) is 0. The Morgan fingerprint density at radius 1 is 0.387 bits per heavy atom. The number of carbonyl (C=O) groups is 1. The molecule has 0 spiro atoms. The number of rotatable bonds is 49. The molecule has 0 saturated heterocycles. The van der Waals surface area contributed by atoms with Gasteiger partial charge < -0.3 is 15.5 Å². The van der Waals surface area contributed by atoms with Crippen LogP contribution >= 0.6 is 0 Å². The molecule has 0 aliphatic carbocycles. The van der Waals surface area contributed by atoms with Gasteiger partial charge in [0.05, 0.1) is 18.8 Å². The molecule has 0 radical (unpaired) electrons. The zero-order chi connectivity index (χ0) is 44.9. The number of unbranched alkanes of at least 4 members (excludes halogenated alkanes) is 32. The molecule has 360 valence electrons. The predicted molar refractivity (Wildman–Crippen MR) is 276 cm³/mol. The third-order valence-corrected chi connectivity index (χ3v) is 12.1. The second-order valence-corrected chi connectivity index (χ2v) is 18.3. The van der Waals surface area contributed by atoms with E-state index in [1.165, 1.54) is 199 Å². The van der Waals surface area contributed by atoms with Crippen LogP contribution in [0.25, 0.3) is 0 Å². The average molecular weight is 864 g/mol. The fourth-order valence-electron chi connectivity index (χ4n) is 7.98. The zero-order valence-electron chi connectivity index (χ0n) is 41.4. The zero-order valence-corrected chi connectivity index (χ0v) is 41.4. The summed E-state index contributed by atoms with van der Waals surface area (Å²) in [7, 11) is 0. The van der Waals surface area contributed by atoms with Gasteiger partial charge >= 0.3 is 0 Å². The van der Waals surface area contributed by atoms with E-state index < -0.39 is 12.1 Å². The summed E-state index contributed by atoms with van der Waals surface area (Å²) < 4.78 is 0. The van der Waals surface area contributed by atoms with Gasteiger partial charge in [0.2, 0.25) is 5.91 Å². The molecule has 0 aromatic rings. The number of amides is 1. The molecule has 3 N–H and O–H groups in total. The lowest BCUT2D eigenvalue weighted by Gasteiger charge is -2.19. The Morgan fingerprint density at radius 3 is 1.05 bits per heavy atom. The molecule has 0 heterocycles. The summed E-state index contributed by atoms with van der Waals surface area (Å²) in [5.74, 6) is -0.0787. The van der Waals surface area contributed by atoms with Crippen LogP contribution in [-0.4, -0.2) is 34.9 Å². The third-order valence-electron chi connectivity index (χ3n) is 12.1.